The van der Waals surface area contributed by atoms with Crippen LogP contribution >= 0.6 is 0 Å². The first kappa shape index (κ1) is 23.7. The molecule has 4 aromatic heterocycles. The molecule has 1 fully saturated rings. The van der Waals surface area contributed by atoms with Gasteiger partial charge in [-0.15, -0.1) is 0 Å². The molecule has 10 nitrogen and oxygen atoms in total. The van der Waals surface area contributed by atoms with Crippen molar-refractivity contribution >= 4 is 11.3 Å². The molecule has 0 radical (unpaired) electrons. The fourth-order valence-corrected chi connectivity index (χ4v) is 4.31. The van der Waals surface area contributed by atoms with Crippen LogP contribution in [-0.4, -0.2) is 80.2 Å². The minimum atomic E-state index is -0.984. The Hall–Kier alpha value is -4.04. The number of hydrogen-bond acceptors (Lipinski definition) is 9. The highest BCUT2D eigenvalue weighted by Gasteiger charge is 2.19. The van der Waals surface area contributed by atoms with Gasteiger partial charge in [0.15, 0.2) is 0 Å². The number of pyridine rings is 3. The van der Waals surface area contributed by atoms with Gasteiger partial charge >= 0.3 is 0 Å². The largest absolute Gasteiger partial charge is 0.489 e. The van der Waals surface area contributed by atoms with Gasteiger partial charge in [0, 0.05) is 56.2 Å². The van der Waals surface area contributed by atoms with Crippen LogP contribution in [0.2, 0.25) is 0 Å². The number of anilines is 1. The zero-order valence-corrected chi connectivity index (χ0v) is 19.7. The summed E-state index contributed by atoms with van der Waals surface area (Å²) in [6, 6.07) is 14.0. The quantitative estimate of drug-likeness (QED) is 0.384. The van der Waals surface area contributed by atoms with Gasteiger partial charge in [-0.2, -0.15) is 10.4 Å². The Morgan fingerprint density at radius 2 is 1.94 bits per heavy atom. The summed E-state index contributed by atoms with van der Waals surface area (Å²) in [5.41, 5.74) is 3.75. The molecular formula is C26H27N7O3. The number of aliphatic hydroxyl groups excluding tert-OH is 2. The second-order valence-corrected chi connectivity index (χ2v) is 8.69. The lowest BCUT2D eigenvalue weighted by atomic mass is 10.1. The molecule has 0 saturated carbocycles. The van der Waals surface area contributed by atoms with E-state index in [-0.39, 0.29) is 6.61 Å². The lowest BCUT2D eigenvalue weighted by Crippen LogP contribution is -2.46. The standard InChI is InChI=1S/C26H27N7O3/c27-12-20-14-30-33-16-23(36-18-22(35)17-34)11-24(26(20)33)19-4-5-25(29-13-19)32-9-7-31(8-10-32)15-21-3-1-2-6-28-21/h1-6,11,13-14,16,22,34-35H,7-10,15,17-18H2. The van der Waals surface area contributed by atoms with Crippen LogP contribution in [0.15, 0.2) is 61.2 Å². The summed E-state index contributed by atoms with van der Waals surface area (Å²) >= 11 is 0. The molecule has 1 unspecified atom stereocenters. The molecule has 0 spiro atoms. The first-order chi connectivity index (χ1) is 17.6. The molecule has 1 atom stereocenters. The van der Waals surface area contributed by atoms with E-state index in [1.807, 2.05) is 30.5 Å². The van der Waals surface area contributed by atoms with Crippen molar-refractivity contribution in [3.05, 3.63) is 72.4 Å². The van der Waals surface area contributed by atoms with Gasteiger partial charge in [0.05, 0.1) is 35.8 Å². The molecule has 5 rings (SSSR count). The van der Waals surface area contributed by atoms with Crippen molar-refractivity contribution in [2.24, 2.45) is 0 Å². The van der Waals surface area contributed by atoms with Crippen molar-refractivity contribution in [1.29, 1.82) is 5.26 Å². The lowest BCUT2D eigenvalue weighted by molar-refractivity contribution is 0.0534. The number of aliphatic hydroxyl groups is 2. The van der Waals surface area contributed by atoms with Crippen LogP contribution in [-0.2, 0) is 6.54 Å². The Morgan fingerprint density at radius 1 is 1.08 bits per heavy atom. The normalized spacial score (nSPS) is 15.1. The van der Waals surface area contributed by atoms with Crippen LogP contribution in [0.5, 0.6) is 5.75 Å². The van der Waals surface area contributed by atoms with Crippen LogP contribution in [0.1, 0.15) is 11.3 Å². The average molecular weight is 486 g/mol. The smallest absolute Gasteiger partial charge is 0.138 e. The van der Waals surface area contributed by atoms with E-state index in [0.29, 0.717) is 16.8 Å². The van der Waals surface area contributed by atoms with Crippen LogP contribution in [0.3, 0.4) is 0 Å². The Kier molecular flexibility index (Phi) is 7.04. The van der Waals surface area contributed by atoms with Crippen molar-refractivity contribution in [3.63, 3.8) is 0 Å². The third kappa shape index (κ3) is 5.13. The van der Waals surface area contributed by atoms with Gasteiger partial charge in [-0.3, -0.25) is 9.88 Å². The molecule has 4 aromatic rings. The predicted octanol–water partition coefficient (Wildman–Crippen LogP) is 1.72. The van der Waals surface area contributed by atoms with Gasteiger partial charge in [-0.05, 0) is 30.3 Å². The van der Waals surface area contributed by atoms with Gasteiger partial charge in [0.2, 0.25) is 0 Å². The Labute approximate surface area is 208 Å². The highest BCUT2D eigenvalue weighted by Crippen LogP contribution is 2.31. The molecular weight excluding hydrogens is 458 g/mol. The van der Waals surface area contributed by atoms with Crippen molar-refractivity contribution < 1.29 is 14.9 Å². The summed E-state index contributed by atoms with van der Waals surface area (Å²) in [6.45, 7) is 4.01. The van der Waals surface area contributed by atoms with Crippen molar-refractivity contribution in [1.82, 2.24) is 24.5 Å². The molecule has 2 N–H and O–H groups in total. The number of nitrogens with zero attached hydrogens (tertiary/aromatic N) is 7. The van der Waals surface area contributed by atoms with Crippen LogP contribution < -0.4 is 9.64 Å². The van der Waals surface area contributed by atoms with Crippen LogP contribution in [0.25, 0.3) is 16.6 Å². The van der Waals surface area contributed by atoms with Gasteiger partial charge in [-0.25, -0.2) is 9.50 Å². The number of hydrogen-bond donors (Lipinski definition) is 2. The maximum atomic E-state index is 9.64. The number of aromatic nitrogens is 4. The molecule has 184 valence electrons. The highest BCUT2D eigenvalue weighted by atomic mass is 16.5. The third-order valence-corrected chi connectivity index (χ3v) is 6.23. The first-order valence-electron chi connectivity index (χ1n) is 11.8. The fourth-order valence-electron chi connectivity index (χ4n) is 4.31. The molecule has 10 heteroatoms. The van der Waals surface area contributed by atoms with E-state index < -0.39 is 12.7 Å². The number of ether oxygens (including phenoxy) is 1. The highest BCUT2D eigenvalue weighted by molar-refractivity contribution is 5.85. The van der Waals surface area contributed by atoms with E-state index in [9.17, 15) is 10.4 Å². The molecule has 0 aromatic carbocycles. The third-order valence-electron chi connectivity index (χ3n) is 6.23. The minimum Gasteiger partial charge on any atom is -0.489 e. The summed E-state index contributed by atoms with van der Waals surface area (Å²) in [5.74, 6) is 1.37. The van der Waals surface area contributed by atoms with Crippen molar-refractivity contribution in [2.45, 2.75) is 12.6 Å². The summed E-state index contributed by atoms with van der Waals surface area (Å²) in [6.07, 6.45) is 5.80. The predicted molar refractivity (Wildman–Crippen MR) is 133 cm³/mol. The van der Waals surface area contributed by atoms with Gasteiger partial charge in [0.1, 0.15) is 30.3 Å². The Morgan fingerprint density at radius 3 is 2.64 bits per heavy atom. The van der Waals surface area contributed by atoms with Crippen LogP contribution in [0.4, 0.5) is 5.82 Å². The van der Waals surface area contributed by atoms with Gasteiger partial charge in [0.25, 0.3) is 0 Å². The molecule has 0 bridgehead atoms. The SMILES string of the molecule is N#Cc1cnn2cc(OCC(O)CO)cc(-c3ccc(N4CCN(Cc5ccccn5)CC4)nc3)c12. The summed E-state index contributed by atoms with van der Waals surface area (Å²) in [4.78, 5) is 13.8. The molecule has 0 amide bonds. The number of fused-ring (bicyclic) bond motifs is 1. The van der Waals surface area contributed by atoms with Gasteiger partial charge in [-0.1, -0.05) is 6.07 Å². The van der Waals surface area contributed by atoms with E-state index in [1.54, 1.807) is 23.0 Å². The van der Waals surface area contributed by atoms with Crippen molar-refractivity contribution in [2.75, 3.05) is 44.3 Å². The summed E-state index contributed by atoms with van der Waals surface area (Å²) in [5, 5.41) is 32.6. The molecule has 1 aliphatic heterocycles. The fraction of sp³-hybridized carbons (Fsp3) is 0.308. The second-order valence-electron chi connectivity index (χ2n) is 8.69. The Bertz CT molecular complexity index is 1340. The molecule has 36 heavy (non-hydrogen) atoms. The Balaban J connectivity index is 1.33. The van der Waals surface area contributed by atoms with E-state index in [4.69, 9.17) is 14.8 Å². The maximum Gasteiger partial charge on any atom is 0.138 e. The number of rotatable bonds is 8. The minimum absolute atomic E-state index is 0.0582. The van der Waals surface area contributed by atoms with E-state index in [2.05, 4.69) is 32.0 Å². The second kappa shape index (κ2) is 10.7. The summed E-state index contributed by atoms with van der Waals surface area (Å²) < 4.78 is 7.24. The van der Waals surface area contributed by atoms with Crippen LogP contribution in [0, 0.1) is 11.3 Å². The van der Waals surface area contributed by atoms with E-state index >= 15 is 0 Å². The van der Waals surface area contributed by atoms with E-state index in [1.165, 1.54) is 6.20 Å². The maximum absolute atomic E-state index is 9.64. The lowest BCUT2D eigenvalue weighted by Gasteiger charge is -2.35. The van der Waals surface area contributed by atoms with Gasteiger partial charge < -0.3 is 19.8 Å². The molecule has 1 saturated heterocycles. The zero-order valence-electron chi connectivity index (χ0n) is 19.7. The zero-order chi connectivity index (χ0) is 24.9. The summed E-state index contributed by atoms with van der Waals surface area (Å²) in [7, 11) is 0. The van der Waals surface area contributed by atoms with Crippen molar-refractivity contribution in [3.8, 4) is 22.9 Å². The first-order valence-corrected chi connectivity index (χ1v) is 11.8. The topological polar surface area (TPSA) is 123 Å². The molecule has 5 heterocycles. The van der Waals surface area contributed by atoms with E-state index in [0.717, 1.165) is 55.4 Å². The molecule has 1 aliphatic rings. The number of piperazine rings is 1. The number of nitriles is 1. The monoisotopic (exact) mass is 485 g/mol. The average Bonchev–Trinajstić information content (AvgIpc) is 3.35. The molecule has 0 aliphatic carbocycles.